The number of amides is 1. The van der Waals surface area contributed by atoms with Gasteiger partial charge in [-0.3, -0.25) is 19.8 Å². The third-order valence-electron chi connectivity index (χ3n) is 5.51. The molecule has 8 nitrogen and oxygen atoms in total. The van der Waals surface area contributed by atoms with Crippen molar-refractivity contribution in [3.05, 3.63) is 57.6 Å². The molecule has 0 atom stereocenters. The molecule has 4 rings (SSSR count). The molecule has 9 heteroatoms. The molecule has 0 N–H and O–H groups in total. The molecular formula is C23H26N4O4S. The number of nitrogens with zero attached hydrogens (tertiary/aromatic N) is 4. The monoisotopic (exact) mass is 454 g/mol. The molecule has 1 fully saturated rings. The van der Waals surface area contributed by atoms with Gasteiger partial charge in [-0.1, -0.05) is 30.7 Å². The number of anilines is 2. The van der Waals surface area contributed by atoms with Gasteiger partial charge in [0.15, 0.2) is 5.13 Å². The first-order chi connectivity index (χ1) is 15.5. The molecule has 3 aromatic rings. The minimum absolute atomic E-state index is 0.0619. The number of hydrogen-bond donors (Lipinski definition) is 0. The topological polar surface area (TPSA) is 88.8 Å². The van der Waals surface area contributed by atoms with Gasteiger partial charge >= 0.3 is 0 Å². The van der Waals surface area contributed by atoms with E-state index in [9.17, 15) is 14.9 Å². The number of carbonyl (C=O) groups is 1. The van der Waals surface area contributed by atoms with Gasteiger partial charge in [-0.2, -0.15) is 0 Å². The number of nitro groups is 1. The normalized spacial score (nSPS) is 14.0. The molecule has 2 heterocycles. The molecule has 1 aliphatic rings. The van der Waals surface area contributed by atoms with Gasteiger partial charge in [-0.15, -0.1) is 0 Å². The molecule has 168 valence electrons. The summed E-state index contributed by atoms with van der Waals surface area (Å²) in [6, 6.07) is 10.8. The van der Waals surface area contributed by atoms with Crippen molar-refractivity contribution in [2.24, 2.45) is 0 Å². The summed E-state index contributed by atoms with van der Waals surface area (Å²) >= 11 is 1.47. The van der Waals surface area contributed by atoms with Gasteiger partial charge in [-0.05, 0) is 43.2 Å². The molecule has 1 saturated heterocycles. The van der Waals surface area contributed by atoms with E-state index in [1.54, 1.807) is 17.0 Å². The van der Waals surface area contributed by atoms with Crippen LogP contribution in [0.25, 0.3) is 10.2 Å². The van der Waals surface area contributed by atoms with E-state index in [1.807, 2.05) is 24.0 Å². The van der Waals surface area contributed by atoms with Crippen LogP contribution >= 0.6 is 11.3 Å². The first kappa shape index (κ1) is 22.2. The molecule has 0 spiro atoms. The highest BCUT2D eigenvalue weighted by molar-refractivity contribution is 7.22. The molecule has 0 unspecified atom stereocenters. The minimum atomic E-state index is -0.418. The fourth-order valence-electron chi connectivity index (χ4n) is 3.77. The van der Waals surface area contributed by atoms with E-state index in [-0.39, 0.29) is 11.6 Å². The number of carbonyl (C=O) groups excluding carboxylic acids is 1. The summed E-state index contributed by atoms with van der Waals surface area (Å²) in [5.74, 6) is -0.272. The lowest BCUT2D eigenvalue weighted by molar-refractivity contribution is -0.384. The summed E-state index contributed by atoms with van der Waals surface area (Å²) in [5, 5.41) is 12.4. The summed E-state index contributed by atoms with van der Waals surface area (Å²) in [6.45, 7) is 6.82. The number of aromatic nitrogens is 1. The van der Waals surface area contributed by atoms with E-state index in [4.69, 9.17) is 4.74 Å². The standard InChI is InChI=1S/C23H26N4O4S/c1-3-4-9-26(23-24-18-7-5-16(2)14-21(18)32-23)22(28)17-6-8-19(20(15-17)27(29)30)25-10-12-31-13-11-25/h5-8,14-15H,3-4,9-13H2,1-2H3. The fraction of sp³-hybridized carbons (Fsp3) is 0.391. The Balaban J connectivity index is 1.69. The Morgan fingerprint density at radius 1 is 1.25 bits per heavy atom. The van der Waals surface area contributed by atoms with Gasteiger partial charge < -0.3 is 9.64 Å². The molecule has 0 aliphatic carbocycles. The Morgan fingerprint density at radius 3 is 2.75 bits per heavy atom. The Bertz CT molecular complexity index is 1140. The Labute approximate surface area is 190 Å². The van der Waals surface area contributed by atoms with Crippen molar-refractivity contribution in [1.82, 2.24) is 4.98 Å². The van der Waals surface area contributed by atoms with Gasteiger partial charge in [0.05, 0.1) is 28.4 Å². The summed E-state index contributed by atoms with van der Waals surface area (Å²) in [7, 11) is 0. The molecule has 1 aliphatic heterocycles. The Morgan fingerprint density at radius 2 is 2.03 bits per heavy atom. The Hall–Kier alpha value is -3.04. The number of hydrogen-bond acceptors (Lipinski definition) is 7. The van der Waals surface area contributed by atoms with Gasteiger partial charge in [0.1, 0.15) is 5.69 Å². The summed E-state index contributed by atoms with van der Waals surface area (Å²) in [4.78, 5) is 33.1. The van der Waals surface area contributed by atoms with E-state index in [2.05, 4.69) is 18.0 Å². The number of ether oxygens (including phenoxy) is 1. The molecule has 0 bridgehead atoms. The SMILES string of the molecule is CCCCN(C(=O)c1ccc(N2CCOCC2)c([N+](=O)[O-])c1)c1nc2ccc(C)cc2s1. The van der Waals surface area contributed by atoms with Crippen LogP contribution in [0.2, 0.25) is 0 Å². The average Bonchev–Trinajstić information content (AvgIpc) is 3.22. The number of rotatable bonds is 7. The molecule has 1 aromatic heterocycles. The molecule has 0 radical (unpaired) electrons. The highest BCUT2D eigenvalue weighted by Gasteiger charge is 2.26. The van der Waals surface area contributed by atoms with Crippen molar-refractivity contribution < 1.29 is 14.5 Å². The highest BCUT2D eigenvalue weighted by Crippen LogP contribution is 2.33. The lowest BCUT2D eigenvalue weighted by Gasteiger charge is -2.28. The van der Waals surface area contributed by atoms with Gasteiger partial charge in [0.2, 0.25) is 0 Å². The van der Waals surface area contributed by atoms with Crippen LogP contribution in [0.5, 0.6) is 0 Å². The second kappa shape index (κ2) is 9.62. The number of morpholine rings is 1. The van der Waals surface area contributed by atoms with Crippen LogP contribution in [-0.2, 0) is 4.74 Å². The number of aryl methyl sites for hydroxylation is 1. The smallest absolute Gasteiger partial charge is 0.293 e. The van der Waals surface area contributed by atoms with Crippen molar-refractivity contribution in [1.29, 1.82) is 0 Å². The zero-order chi connectivity index (χ0) is 22.7. The largest absolute Gasteiger partial charge is 0.378 e. The minimum Gasteiger partial charge on any atom is -0.378 e. The number of thiazole rings is 1. The maximum atomic E-state index is 13.5. The summed E-state index contributed by atoms with van der Waals surface area (Å²) in [5.41, 5.74) is 2.73. The fourth-order valence-corrected chi connectivity index (χ4v) is 4.85. The molecular weight excluding hydrogens is 428 g/mol. The highest BCUT2D eigenvalue weighted by atomic mass is 32.1. The summed E-state index contributed by atoms with van der Waals surface area (Å²) in [6.07, 6.45) is 1.73. The predicted molar refractivity (Wildman–Crippen MR) is 127 cm³/mol. The van der Waals surface area contributed by atoms with Crippen LogP contribution in [0, 0.1) is 17.0 Å². The van der Waals surface area contributed by atoms with Crippen molar-refractivity contribution >= 4 is 44.0 Å². The second-order valence-electron chi connectivity index (χ2n) is 7.84. The van der Waals surface area contributed by atoms with Crippen molar-refractivity contribution in [2.75, 3.05) is 42.6 Å². The number of fused-ring (bicyclic) bond motifs is 1. The van der Waals surface area contributed by atoms with E-state index in [0.717, 1.165) is 28.6 Å². The van der Waals surface area contributed by atoms with Crippen molar-refractivity contribution in [3.63, 3.8) is 0 Å². The number of nitro benzene ring substituents is 1. The average molecular weight is 455 g/mol. The first-order valence-corrected chi connectivity index (χ1v) is 11.6. The molecule has 2 aromatic carbocycles. The maximum absolute atomic E-state index is 13.5. The second-order valence-corrected chi connectivity index (χ2v) is 8.85. The van der Waals surface area contributed by atoms with Crippen molar-refractivity contribution in [3.8, 4) is 0 Å². The number of unbranched alkanes of at least 4 members (excludes halogenated alkanes) is 1. The van der Waals surface area contributed by atoms with E-state index in [0.29, 0.717) is 49.2 Å². The van der Waals surface area contributed by atoms with Crippen LogP contribution in [0.15, 0.2) is 36.4 Å². The lowest BCUT2D eigenvalue weighted by Crippen LogP contribution is -2.36. The van der Waals surface area contributed by atoms with Crippen LogP contribution < -0.4 is 9.80 Å². The van der Waals surface area contributed by atoms with E-state index < -0.39 is 4.92 Å². The Kier molecular flexibility index (Phi) is 6.66. The third-order valence-corrected chi connectivity index (χ3v) is 6.56. The van der Waals surface area contributed by atoms with Crippen molar-refractivity contribution in [2.45, 2.75) is 26.7 Å². The zero-order valence-corrected chi connectivity index (χ0v) is 19.1. The number of benzene rings is 2. The maximum Gasteiger partial charge on any atom is 0.293 e. The van der Waals surface area contributed by atoms with Gasteiger partial charge in [0, 0.05) is 31.3 Å². The molecule has 0 saturated carbocycles. The van der Waals surface area contributed by atoms with Crippen LogP contribution in [0.3, 0.4) is 0 Å². The van der Waals surface area contributed by atoms with Crippen LogP contribution in [0.4, 0.5) is 16.5 Å². The predicted octanol–water partition coefficient (Wildman–Crippen LogP) is 4.80. The quantitative estimate of drug-likeness (QED) is 0.376. The van der Waals surface area contributed by atoms with Crippen LogP contribution in [-0.4, -0.2) is 48.7 Å². The zero-order valence-electron chi connectivity index (χ0n) is 18.2. The molecule has 1 amide bonds. The summed E-state index contributed by atoms with van der Waals surface area (Å²) < 4.78 is 6.37. The van der Waals surface area contributed by atoms with Crippen LogP contribution in [0.1, 0.15) is 35.7 Å². The molecule has 32 heavy (non-hydrogen) atoms. The first-order valence-electron chi connectivity index (χ1n) is 10.8. The third kappa shape index (κ3) is 4.58. The van der Waals surface area contributed by atoms with E-state index >= 15 is 0 Å². The lowest BCUT2D eigenvalue weighted by atomic mass is 10.1. The van der Waals surface area contributed by atoms with Gasteiger partial charge in [0.25, 0.3) is 11.6 Å². The van der Waals surface area contributed by atoms with Gasteiger partial charge in [-0.25, -0.2) is 4.98 Å². The van der Waals surface area contributed by atoms with E-state index in [1.165, 1.54) is 17.4 Å².